The quantitative estimate of drug-likeness (QED) is 0.514. The average molecular weight is 191 g/mol. The summed E-state index contributed by atoms with van der Waals surface area (Å²) in [5.41, 5.74) is 0. The Balaban J connectivity index is 3.30. The molecule has 0 heterocycles. The molecule has 0 bridgehead atoms. The van der Waals surface area contributed by atoms with Crippen molar-refractivity contribution in [2.45, 2.75) is 13.0 Å². The maximum absolute atomic E-state index is 11.0. The molecule has 5 heteroatoms. The van der Waals surface area contributed by atoms with Crippen molar-refractivity contribution in [2.24, 2.45) is 0 Å². The smallest absolute Gasteiger partial charge is 0.246 e. The Morgan fingerprint density at radius 1 is 1.54 bits per heavy atom. The normalized spacial score (nSPS) is 12.5. The van der Waals surface area contributed by atoms with E-state index in [2.05, 4.69) is 5.32 Å². The Morgan fingerprint density at radius 3 is 2.77 bits per heavy atom. The fourth-order valence-electron chi connectivity index (χ4n) is 0.669. The van der Waals surface area contributed by atoms with Gasteiger partial charge in [-0.15, -0.1) is 0 Å². The van der Waals surface area contributed by atoms with Crippen molar-refractivity contribution in [3.05, 3.63) is 0 Å². The molecule has 0 aliphatic carbocycles. The van der Waals surface area contributed by atoms with Crippen LogP contribution in [-0.2, 0) is 14.3 Å². The number of aliphatic hydroxyl groups excluding tert-OH is 1. The van der Waals surface area contributed by atoms with Gasteiger partial charge in [-0.05, 0) is 6.92 Å². The van der Waals surface area contributed by atoms with Crippen LogP contribution in [0.2, 0.25) is 0 Å². The van der Waals surface area contributed by atoms with Gasteiger partial charge in [-0.3, -0.25) is 4.79 Å². The molecule has 0 radical (unpaired) electrons. The van der Waals surface area contributed by atoms with E-state index in [1.807, 2.05) is 0 Å². The van der Waals surface area contributed by atoms with Crippen LogP contribution in [0.15, 0.2) is 0 Å². The molecule has 0 saturated carbocycles. The maximum Gasteiger partial charge on any atom is 0.246 e. The van der Waals surface area contributed by atoms with E-state index in [9.17, 15) is 4.79 Å². The lowest BCUT2D eigenvalue weighted by Gasteiger charge is -2.10. The summed E-state index contributed by atoms with van der Waals surface area (Å²) in [6.45, 7) is 2.53. The Kier molecular flexibility index (Phi) is 7.57. The standard InChI is InChI=1S/C8H17NO4/c1-7(5-10)9-8(11)6-13-4-3-12-2/h7,10H,3-6H2,1-2H3,(H,9,11)/t7-/m0/s1. The molecule has 0 aliphatic rings. The second kappa shape index (κ2) is 7.97. The molecule has 5 nitrogen and oxygen atoms in total. The van der Waals surface area contributed by atoms with E-state index in [-0.39, 0.29) is 25.2 Å². The minimum absolute atomic E-state index is 0.00764. The van der Waals surface area contributed by atoms with Crippen LogP contribution in [-0.4, -0.2) is 50.6 Å². The predicted molar refractivity (Wildman–Crippen MR) is 47.4 cm³/mol. The van der Waals surface area contributed by atoms with E-state index in [1.165, 1.54) is 0 Å². The molecule has 78 valence electrons. The van der Waals surface area contributed by atoms with Crippen LogP contribution in [0.1, 0.15) is 6.92 Å². The highest BCUT2D eigenvalue weighted by Gasteiger charge is 2.05. The van der Waals surface area contributed by atoms with E-state index in [1.54, 1.807) is 14.0 Å². The van der Waals surface area contributed by atoms with Crippen LogP contribution >= 0.6 is 0 Å². The molecule has 0 spiro atoms. The number of carbonyl (C=O) groups is 1. The van der Waals surface area contributed by atoms with Crippen LogP contribution in [0.4, 0.5) is 0 Å². The van der Waals surface area contributed by atoms with Crippen molar-refractivity contribution in [3.63, 3.8) is 0 Å². The highest BCUT2D eigenvalue weighted by molar-refractivity contribution is 5.77. The third-order valence-electron chi connectivity index (χ3n) is 1.35. The van der Waals surface area contributed by atoms with Crippen molar-refractivity contribution in [1.29, 1.82) is 0 Å². The molecule has 0 aromatic carbocycles. The third kappa shape index (κ3) is 7.70. The summed E-state index contributed by atoms with van der Waals surface area (Å²) in [7, 11) is 1.57. The van der Waals surface area contributed by atoms with E-state index in [0.717, 1.165) is 0 Å². The zero-order valence-corrected chi connectivity index (χ0v) is 8.08. The minimum atomic E-state index is -0.224. The topological polar surface area (TPSA) is 67.8 Å². The van der Waals surface area contributed by atoms with Crippen molar-refractivity contribution in [1.82, 2.24) is 5.32 Å². The Labute approximate surface area is 78.0 Å². The van der Waals surface area contributed by atoms with Gasteiger partial charge in [0.25, 0.3) is 0 Å². The summed E-state index contributed by atoms with van der Waals surface area (Å²) in [5.74, 6) is -0.224. The molecular weight excluding hydrogens is 174 g/mol. The number of hydrogen-bond donors (Lipinski definition) is 2. The van der Waals surface area contributed by atoms with Crippen LogP contribution in [0.3, 0.4) is 0 Å². The van der Waals surface area contributed by atoms with Crippen LogP contribution in [0.25, 0.3) is 0 Å². The van der Waals surface area contributed by atoms with E-state index in [4.69, 9.17) is 14.6 Å². The highest BCUT2D eigenvalue weighted by Crippen LogP contribution is 1.81. The highest BCUT2D eigenvalue weighted by atomic mass is 16.5. The van der Waals surface area contributed by atoms with Crippen molar-refractivity contribution in [2.75, 3.05) is 33.5 Å². The SMILES string of the molecule is COCCOCC(=O)N[C@@H](C)CO. The first-order valence-electron chi connectivity index (χ1n) is 4.17. The van der Waals surface area contributed by atoms with Gasteiger partial charge >= 0.3 is 0 Å². The van der Waals surface area contributed by atoms with Gasteiger partial charge in [0.05, 0.1) is 19.8 Å². The van der Waals surface area contributed by atoms with E-state index >= 15 is 0 Å². The fraction of sp³-hybridized carbons (Fsp3) is 0.875. The molecule has 0 fully saturated rings. The number of amides is 1. The number of ether oxygens (including phenoxy) is 2. The van der Waals surface area contributed by atoms with Crippen molar-refractivity contribution in [3.8, 4) is 0 Å². The van der Waals surface area contributed by atoms with E-state index < -0.39 is 0 Å². The van der Waals surface area contributed by atoms with Crippen molar-refractivity contribution < 1.29 is 19.4 Å². The number of aliphatic hydroxyl groups is 1. The van der Waals surface area contributed by atoms with Gasteiger partial charge in [0.2, 0.25) is 5.91 Å². The second-order valence-electron chi connectivity index (χ2n) is 2.70. The summed E-state index contributed by atoms with van der Waals surface area (Å²) in [6, 6.07) is -0.224. The molecule has 1 atom stereocenters. The van der Waals surface area contributed by atoms with Gasteiger partial charge in [0.15, 0.2) is 0 Å². The number of nitrogens with one attached hydrogen (secondary N) is 1. The number of methoxy groups -OCH3 is 1. The summed E-state index contributed by atoms with van der Waals surface area (Å²) in [6.07, 6.45) is 0. The van der Waals surface area contributed by atoms with Crippen molar-refractivity contribution >= 4 is 5.91 Å². The largest absolute Gasteiger partial charge is 0.394 e. The molecule has 0 unspecified atom stereocenters. The maximum atomic E-state index is 11.0. The lowest BCUT2D eigenvalue weighted by atomic mass is 10.3. The lowest BCUT2D eigenvalue weighted by molar-refractivity contribution is -0.127. The average Bonchev–Trinajstić information content (AvgIpc) is 2.12. The molecule has 0 rings (SSSR count). The van der Waals surface area contributed by atoms with Gasteiger partial charge < -0.3 is 19.9 Å². The van der Waals surface area contributed by atoms with Crippen LogP contribution < -0.4 is 5.32 Å². The minimum Gasteiger partial charge on any atom is -0.394 e. The summed E-state index contributed by atoms with van der Waals surface area (Å²) in [4.78, 5) is 11.0. The van der Waals surface area contributed by atoms with Gasteiger partial charge in [-0.1, -0.05) is 0 Å². The van der Waals surface area contributed by atoms with Gasteiger partial charge in [-0.25, -0.2) is 0 Å². The summed E-state index contributed by atoms with van der Waals surface area (Å²) >= 11 is 0. The first-order valence-corrected chi connectivity index (χ1v) is 4.17. The molecule has 1 amide bonds. The monoisotopic (exact) mass is 191 g/mol. The Morgan fingerprint density at radius 2 is 2.23 bits per heavy atom. The molecule has 0 aromatic rings. The second-order valence-corrected chi connectivity index (χ2v) is 2.70. The number of rotatable bonds is 7. The molecular formula is C8H17NO4. The lowest BCUT2D eigenvalue weighted by Crippen LogP contribution is -2.37. The first-order chi connectivity index (χ1) is 6.20. The summed E-state index contributed by atoms with van der Waals surface area (Å²) < 4.78 is 9.69. The molecule has 2 N–H and O–H groups in total. The summed E-state index contributed by atoms with van der Waals surface area (Å²) in [5, 5.41) is 11.2. The van der Waals surface area contributed by atoms with E-state index in [0.29, 0.717) is 13.2 Å². The Hall–Kier alpha value is -0.650. The zero-order chi connectivity index (χ0) is 10.1. The van der Waals surface area contributed by atoms with Gasteiger partial charge in [-0.2, -0.15) is 0 Å². The van der Waals surface area contributed by atoms with Crippen LogP contribution in [0, 0.1) is 0 Å². The molecule has 0 aromatic heterocycles. The first kappa shape index (κ1) is 12.3. The number of hydrogen-bond acceptors (Lipinski definition) is 4. The zero-order valence-electron chi connectivity index (χ0n) is 8.08. The van der Waals surface area contributed by atoms with Gasteiger partial charge in [0.1, 0.15) is 6.61 Å². The number of carbonyl (C=O) groups excluding carboxylic acids is 1. The Bertz CT molecular complexity index is 140. The molecule has 0 saturated heterocycles. The van der Waals surface area contributed by atoms with Gasteiger partial charge in [0, 0.05) is 13.2 Å². The molecule has 13 heavy (non-hydrogen) atoms. The predicted octanol–water partition coefficient (Wildman–Crippen LogP) is -0.854. The molecule has 0 aliphatic heterocycles. The van der Waals surface area contributed by atoms with Crippen LogP contribution in [0.5, 0.6) is 0 Å². The third-order valence-corrected chi connectivity index (χ3v) is 1.35. The fourth-order valence-corrected chi connectivity index (χ4v) is 0.669.